The Morgan fingerprint density at radius 1 is 1.27 bits per heavy atom. The van der Waals surface area contributed by atoms with Gasteiger partial charge in [0, 0.05) is 41.6 Å². The van der Waals surface area contributed by atoms with Gasteiger partial charge in [-0.1, -0.05) is 16.9 Å². The van der Waals surface area contributed by atoms with E-state index in [0.717, 1.165) is 17.7 Å². The number of amides is 2. The summed E-state index contributed by atoms with van der Waals surface area (Å²) in [4.78, 5) is 24.4. The topological polar surface area (TPSA) is 96.3 Å². The van der Waals surface area contributed by atoms with Crippen LogP contribution < -0.4 is 16.0 Å². The number of aromatic nitrogens is 1. The van der Waals surface area contributed by atoms with Gasteiger partial charge in [-0.05, 0) is 43.5 Å². The molecule has 0 saturated carbocycles. The number of fused-ring (bicyclic) bond motifs is 2. The quantitative estimate of drug-likeness (QED) is 0.746. The van der Waals surface area contributed by atoms with E-state index in [1.807, 2.05) is 24.3 Å². The monoisotopic (exact) mass is 372 g/mol. The maximum absolute atomic E-state index is 12.4. The summed E-state index contributed by atoms with van der Waals surface area (Å²) in [6.07, 6.45) is 3.38. The van der Waals surface area contributed by atoms with Crippen molar-refractivity contribution < 1.29 is 14.1 Å². The molecule has 2 bridgehead atoms. The van der Waals surface area contributed by atoms with Crippen LogP contribution in [-0.4, -0.2) is 35.1 Å². The lowest BCUT2D eigenvalue weighted by Crippen LogP contribution is -2.42. The van der Waals surface area contributed by atoms with Crippen LogP contribution in [0.3, 0.4) is 0 Å². The van der Waals surface area contributed by atoms with Crippen LogP contribution in [-0.2, 0) is 4.79 Å². The molecule has 3 heterocycles. The van der Waals surface area contributed by atoms with E-state index in [1.54, 1.807) is 6.07 Å². The second kappa shape index (κ2) is 7.13. The molecule has 3 N–H and O–H groups in total. The number of nitrogens with one attached hydrogen (secondary N) is 3. The average molecular weight is 372 g/mol. The molecule has 7 nitrogen and oxygen atoms in total. The third-order valence-corrected chi connectivity index (χ3v) is 5.65. The fourth-order valence-corrected chi connectivity index (χ4v) is 4.32. The van der Waals surface area contributed by atoms with Crippen LogP contribution >= 0.6 is 11.8 Å². The summed E-state index contributed by atoms with van der Waals surface area (Å²) in [5, 5.41) is 13.7. The van der Waals surface area contributed by atoms with Gasteiger partial charge in [0.1, 0.15) is 5.03 Å². The maximum Gasteiger partial charge on any atom is 0.251 e. The van der Waals surface area contributed by atoms with Crippen molar-refractivity contribution in [2.24, 2.45) is 0 Å². The molecule has 0 aliphatic carbocycles. The number of hydrogen-bond donors (Lipinski definition) is 3. The molecule has 1 aromatic carbocycles. The van der Waals surface area contributed by atoms with Gasteiger partial charge in [-0.2, -0.15) is 0 Å². The van der Waals surface area contributed by atoms with Gasteiger partial charge >= 0.3 is 0 Å². The van der Waals surface area contributed by atoms with Crippen LogP contribution in [0.5, 0.6) is 0 Å². The second-order valence-corrected chi connectivity index (χ2v) is 7.79. The summed E-state index contributed by atoms with van der Waals surface area (Å²) in [5.74, 6) is 0.0736. The first kappa shape index (κ1) is 17.1. The van der Waals surface area contributed by atoms with Gasteiger partial charge in [-0.15, -0.1) is 0 Å². The number of nitrogens with zero attached hydrogens (tertiary/aromatic N) is 1. The maximum atomic E-state index is 12.4. The molecule has 26 heavy (non-hydrogen) atoms. The molecule has 2 fully saturated rings. The molecular formula is C18H20N4O3S. The molecule has 2 saturated heterocycles. The Balaban J connectivity index is 1.35. The van der Waals surface area contributed by atoms with E-state index in [0.29, 0.717) is 28.6 Å². The molecule has 8 heteroatoms. The standard InChI is InChI=1S/C18H20N4O3S/c1-10(23)19-16-9-17(22-25-16)26-13-5-2-11(3-6-13)18(24)21-15-8-12-4-7-14(15)20-12/h2-3,5-6,9,12,14-15,20H,4,7-8H2,1H3,(H,19,23)(H,21,24). The first-order valence-corrected chi connectivity index (χ1v) is 9.47. The van der Waals surface area contributed by atoms with Crippen molar-refractivity contribution in [3.63, 3.8) is 0 Å². The lowest BCUT2D eigenvalue weighted by Gasteiger charge is -2.21. The number of carbonyl (C=O) groups is 2. The summed E-state index contributed by atoms with van der Waals surface area (Å²) in [6, 6.07) is 10.3. The number of hydrogen-bond acceptors (Lipinski definition) is 6. The van der Waals surface area contributed by atoms with E-state index in [-0.39, 0.29) is 17.9 Å². The number of carbonyl (C=O) groups excluding carboxylic acids is 2. The summed E-state index contributed by atoms with van der Waals surface area (Å²) in [7, 11) is 0. The molecule has 2 amide bonds. The zero-order chi connectivity index (χ0) is 18.1. The first-order valence-electron chi connectivity index (χ1n) is 8.66. The van der Waals surface area contributed by atoms with Crippen molar-refractivity contribution in [2.45, 2.75) is 54.2 Å². The molecule has 1 aromatic heterocycles. The highest BCUT2D eigenvalue weighted by molar-refractivity contribution is 7.99. The van der Waals surface area contributed by atoms with Crippen molar-refractivity contribution in [1.29, 1.82) is 0 Å². The van der Waals surface area contributed by atoms with Gasteiger partial charge in [0.2, 0.25) is 11.8 Å². The highest BCUT2D eigenvalue weighted by Crippen LogP contribution is 2.30. The zero-order valence-electron chi connectivity index (χ0n) is 14.3. The molecule has 2 aromatic rings. The van der Waals surface area contributed by atoms with Crippen molar-refractivity contribution in [3.05, 3.63) is 35.9 Å². The predicted molar refractivity (Wildman–Crippen MR) is 97.2 cm³/mol. The van der Waals surface area contributed by atoms with E-state index in [2.05, 4.69) is 21.1 Å². The number of rotatable bonds is 5. The Hall–Kier alpha value is -2.32. The Morgan fingerprint density at radius 2 is 2.08 bits per heavy atom. The minimum atomic E-state index is -0.209. The van der Waals surface area contributed by atoms with Crippen LogP contribution in [0, 0.1) is 0 Å². The van der Waals surface area contributed by atoms with Crippen LogP contribution in [0.25, 0.3) is 0 Å². The van der Waals surface area contributed by atoms with Crippen molar-refractivity contribution in [1.82, 2.24) is 15.8 Å². The molecule has 3 atom stereocenters. The highest BCUT2D eigenvalue weighted by atomic mass is 32.2. The van der Waals surface area contributed by atoms with Gasteiger partial charge in [-0.3, -0.25) is 14.9 Å². The van der Waals surface area contributed by atoms with Crippen molar-refractivity contribution in [2.75, 3.05) is 5.32 Å². The molecular weight excluding hydrogens is 352 g/mol. The van der Waals surface area contributed by atoms with Crippen molar-refractivity contribution >= 4 is 29.5 Å². The minimum Gasteiger partial charge on any atom is -0.348 e. The van der Waals surface area contributed by atoms with Gasteiger partial charge in [0.25, 0.3) is 5.91 Å². The normalized spacial score (nSPS) is 23.8. The lowest BCUT2D eigenvalue weighted by atomic mass is 9.95. The molecule has 2 aliphatic rings. The van der Waals surface area contributed by atoms with Crippen LogP contribution in [0.2, 0.25) is 0 Å². The van der Waals surface area contributed by atoms with E-state index in [1.165, 1.54) is 25.1 Å². The fourth-order valence-electron chi connectivity index (χ4n) is 3.57. The summed E-state index contributed by atoms with van der Waals surface area (Å²) < 4.78 is 5.04. The van der Waals surface area contributed by atoms with Gasteiger partial charge in [-0.25, -0.2) is 0 Å². The second-order valence-electron chi connectivity index (χ2n) is 6.70. The summed E-state index contributed by atoms with van der Waals surface area (Å²) >= 11 is 1.40. The average Bonchev–Trinajstić information content (AvgIpc) is 3.32. The van der Waals surface area contributed by atoms with Crippen LogP contribution in [0.1, 0.15) is 36.5 Å². The van der Waals surface area contributed by atoms with E-state index < -0.39 is 0 Å². The molecule has 0 spiro atoms. The Labute approximate surface area is 155 Å². The van der Waals surface area contributed by atoms with E-state index in [9.17, 15) is 9.59 Å². The molecule has 0 radical (unpaired) electrons. The summed E-state index contributed by atoms with van der Waals surface area (Å²) in [6.45, 7) is 1.41. The van der Waals surface area contributed by atoms with Crippen LogP contribution in [0.15, 0.2) is 44.8 Å². The summed E-state index contributed by atoms with van der Waals surface area (Å²) in [5.41, 5.74) is 0.649. The lowest BCUT2D eigenvalue weighted by molar-refractivity contribution is -0.114. The van der Waals surface area contributed by atoms with Gasteiger partial charge in [0.05, 0.1) is 0 Å². The minimum absolute atomic E-state index is 0.0321. The Bertz CT molecular complexity index is 820. The number of benzene rings is 1. The largest absolute Gasteiger partial charge is 0.348 e. The fraction of sp³-hybridized carbons (Fsp3) is 0.389. The van der Waals surface area contributed by atoms with Crippen molar-refractivity contribution in [3.8, 4) is 0 Å². The molecule has 4 rings (SSSR count). The van der Waals surface area contributed by atoms with Gasteiger partial charge < -0.3 is 15.2 Å². The number of anilines is 1. The Kier molecular flexibility index (Phi) is 4.69. The molecule has 3 unspecified atom stereocenters. The SMILES string of the molecule is CC(=O)Nc1cc(Sc2ccc(C(=O)NC3CC4CCC3N4)cc2)no1. The van der Waals surface area contributed by atoms with Gasteiger partial charge in [0.15, 0.2) is 0 Å². The Morgan fingerprint density at radius 3 is 2.73 bits per heavy atom. The zero-order valence-corrected chi connectivity index (χ0v) is 15.1. The first-order chi connectivity index (χ1) is 12.6. The molecule has 136 valence electrons. The molecule has 2 aliphatic heterocycles. The third kappa shape index (κ3) is 3.76. The highest BCUT2D eigenvalue weighted by Gasteiger charge is 2.39. The van der Waals surface area contributed by atoms with E-state index >= 15 is 0 Å². The van der Waals surface area contributed by atoms with Crippen LogP contribution in [0.4, 0.5) is 5.88 Å². The predicted octanol–water partition coefficient (Wildman–Crippen LogP) is 2.41. The smallest absolute Gasteiger partial charge is 0.251 e. The third-order valence-electron chi connectivity index (χ3n) is 4.74. The van der Waals surface area contributed by atoms with E-state index in [4.69, 9.17) is 4.52 Å².